The van der Waals surface area contributed by atoms with Crippen molar-refractivity contribution in [1.29, 1.82) is 0 Å². The summed E-state index contributed by atoms with van der Waals surface area (Å²) in [5.41, 5.74) is 6.96. The van der Waals surface area contributed by atoms with Crippen LogP contribution < -0.4 is 15.8 Å². The Labute approximate surface area is 146 Å². The number of hydrogen-bond donors (Lipinski definition) is 3. The Hall–Kier alpha value is -2.87. The number of anilines is 1. The van der Waals surface area contributed by atoms with Crippen LogP contribution in [0.15, 0.2) is 48.5 Å². The van der Waals surface area contributed by atoms with Crippen LogP contribution in [0.1, 0.15) is 26.3 Å². The van der Waals surface area contributed by atoms with Crippen molar-refractivity contribution in [3.05, 3.63) is 65.2 Å². The van der Waals surface area contributed by atoms with Gasteiger partial charge in [0.05, 0.1) is 17.5 Å². The number of benzene rings is 2. The number of hydrogen-bond acceptors (Lipinski definition) is 4. The third-order valence-electron chi connectivity index (χ3n) is 3.38. The molecule has 2 rings (SSSR count). The molecule has 0 aliphatic carbocycles. The minimum atomic E-state index is -3.48. The van der Waals surface area contributed by atoms with E-state index >= 15 is 0 Å². The number of carbonyl (C=O) groups excluding carboxylic acids is 2. The van der Waals surface area contributed by atoms with Gasteiger partial charge in [-0.1, -0.05) is 24.3 Å². The zero-order chi connectivity index (χ0) is 18.4. The van der Waals surface area contributed by atoms with Crippen LogP contribution in [-0.4, -0.2) is 33.0 Å². The molecule has 0 spiro atoms. The van der Waals surface area contributed by atoms with E-state index in [9.17, 15) is 18.0 Å². The highest BCUT2D eigenvalue weighted by Gasteiger charge is 2.13. The third-order valence-corrected chi connectivity index (χ3v) is 3.97. The number of rotatable bonds is 7. The number of carbonyl (C=O) groups is 2. The van der Waals surface area contributed by atoms with Gasteiger partial charge in [-0.3, -0.25) is 14.3 Å². The van der Waals surface area contributed by atoms with Gasteiger partial charge in [0.1, 0.15) is 0 Å². The number of primary amides is 1. The van der Waals surface area contributed by atoms with Crippen LogP contribution in [0, 0.1) is 0 Å². The molecule has 2 aromatic rings. The van der Waals surface area contributed by atoms with Crippen LogP contribution in [-0.2, 0) is 16.4 Å². The number of nitrogens with two attached hydrogens (primary N) is 1. The van der Waals surface area contributed by atoms with Gasteiger partial charge in [0.15, 0.2) is 0 Å². The van der Waals surface area contributed by atoms with Gasteiger partial charge in [-0.2, -0.15) is 0 Å². The standard InChI is InChI=1S/C17H19N3O4S/c1-25(23,24)20-15-8-3-2-7-14(15)17(22)19-10-9-12-5-4-6-13(11-12)16(18)21/h2-8,11,20H,9-10H2,1H3,(H2,18,21)(H,19,22). The first-order valence-corrected chi connectivity index (χ1v) is 9.39. The summed E-state index contributed by atoms with van der Waals surface area (Å²) in [7, 11) is -3.48. The van der Waals surface area contributed by atoms with Crippen molar-refractivity contribution in [2.24, 2.45) is 5.73 Å². The highest BCUT2D eigenvalue weighted by atomic mass is 32.2. The molecule has 0 radical (unpaired) electrons. The average molecular weight is 361 g/mol. The molecule has 0 saturated heterocycles. The monoisotopic (exact) mass is 361 g/mol. The van der Waals surface area contributed by atoms with E-state index < -0.39 is 21.8 Å². The fourth-order valence-electron chi connectivity index (χ4n) is 2.27. The smallest absolute Gasteiger partial charge is 0.253 e. The molecular weight excluding hydrogens is 342 g/mol. The zero-order valence-corrected chi connectivity index (χ0v) is 14.5. The van der Waals surface area contributed by atoms with Crippen LogP contribution in [0.2, 0.25) is 0 Å². The zero-order valence-electron chi connectivity index (χ0n) is 13.7. The van der Waals surface area contributed by atoms with E-state index in [1.165, 1.54) is 12.1 Å². The second kappa shape index (κ2) is 7.80. The summed E-state index contributed by atoms with van der Waals surface area (Å²) < 4.78 is 25.1. The average Bonchev–Trinajstić information content (AvgIpc) is 2.54. The maximum Gasteiger partial charge on any atom is 0.253 e. The molecule has 0 fully saturated rings. The molecule has 2 aromatic carbocycles. The summed E-state index contributed by atoms with van der Waals surface area (Å²) >= 11 is 0. The van der Waals surface area contributed by atoms with Crippen molar-refractivity contribution in [3.63, 3.8) is 0 Å². The molecule has 0 aliphatic heterocycles. The van der Waals surface area contributed by atoms with Gasteiger partial charge in [0.2, 0.25) is 15.9 Å². The number of nitrogens with one attached hydrogen (secondary N) is 2. The van der Waals surface area contributed by atoms with Gasteiger partial charge in [-0.25, -0.2) is 8.42 Å². The Morgan fingerprint density at radius 1 is 1.08 bits per heavy atom. The lowest BCUT2D eigenvalue weighted by Crippen LogP contribution is -2.27. The van der Waals surface area contributed by atoms with Gasteiger partial charge in [0.25, 0.3) is 5.91 Å². The number of para-hydroxylation sites is 1. The van der Waals surface area contributed by atoms with Crippen LogP contribution in [0.4, 0.5) is 5.69 Å². The van der Waals surface area contributed by atoms with Crippen molar-refractivity contribution in [3.8, 4) is 0 Å². The fraction of sp³-hybridized carbons (Fsp3) is 0.176. The molecule has 0 unspecified atom stereocenters. The maximum atomic E-state index is 12.3. The Bertz CT molecular complexity index is 894. The lowest BCUT2D eigenvalue weighted by atomic mass is 10.1. The van der Waals surface area contributed by atoms with Gasteiger partial charge < -0.3 is 11.1 Å². The molecule has 0 aliphatic rings. The second-order valence-electron chi connectivity index (χ2n) is 5.49. The highest BCUT2D eigenvalue weighted by Crippen LogP contribution is 2.16. The van der Waals surface area contributed by atoms with E-state index in [0.717, 1.165) is 11.8 Å². The highest BCUT2D eigenvalue weighted by molar-refractivity contribution is 7.92. The summed E-state index contributed by atoms with van der Waals surface area (Å²) in [4.78, 5) is 23.5. The summed E-state index contributed by atoms with van der Waals surface area (Å²) in [5.74, 6) is -0.899. The molecule has 8 heteroatoms. The predicted octanol–water partition coefficient (Wildman–Crippen LogP) is 1.13. The molecule has 0 heterocycles. The second-order valence-corrected chi connectivity index (χ2v) is 7.24. The van der Waals surface area contributed by atoms with Gasteiger partial charge >= 0.3 is 0 Å². The first-order valence-electron chi connectivity index (χ1n) is 7.50. The van der Waals surface area contributed by atoms with Crippen molar-refractivity contribution in [1.82, 2.24) is 5.32 Å². The van der Waals surface area contributed by atoms with E-state index in [0.29, 0.717) is 18.5 Å². The minimum absolute atomic E-state index is 0.221. The molecule has 25 heavy (non-hydrogen) atoms. The molecule has 4 N–H and O–H groups in total. The molecule has 0 saturated carbocycles. The van der Waals surface area contributed by atoms with E-state index in [1.807, 2.05) is 6.07 Å². The number of sulfonamides is 1. The minimum Gasteiger partial charge on any atom is -0.366 e. The van der Waals surface area contributed by atoms with Crippen LogP contribution in [0.25, 0.3) is 0 Å². The third kappa shape index (κ3) is 5.61. The quantitative estimate of drug-likeness (QED) is 0.685. The van der Waals surface area contributed by atoms with Crippen molar-refractivity contribution in [2.45, 2.75) is 6.42 Å². The summed E-state index contributed by atoms with van der Waals surface area (Å²) in [6.07, 6.45) is 1.53. The van der Waals surface area contributed by atoms with E-state index in [4.69, 9.17) is 5.73 Å². The Kier molecular flexibility index (Phi) is 5.76. The Balaban J connectivity index is 2.02. The summed E-state index contributed by atoms with van der Waals surface area (Å²) in [6, 6.07) is 13.2. The SMILES string of the molecule is CS(=O)(=O)Nc1ccccc1C(=O)NCCc1cccc(C(N)=O)c1. The summed E-state index contributed by atoms with van der Waals surface area (Å²) in [6.45, 7) is 0.328. The van der Waals surface area contributed by atoms with E-state index in [1.54, 1.807) is 30.3 Å². The predicted molar refractivity (Wildman–Crippen MR) is 95.9 cm³/mol. The van der Waals surface area contributed by atoms with Gasteiger partial charge in [-0.15, -0.1) is 0 Å². The lowest BCUT2D eigenvalue weighted by molar-refractivity contribution is 0.0953. The van der Waals surface area contributed by atoms with Crippen LogP contribution in [0.3, 0.4) is 0 Å². The van der Waals surface area contributed by atoms with Gasteiger partial charge in [0, 0.05) is 12.1 Å². The molecule has 0 atom stereocenters. The largest absolute Gasteiger partial charge is 0.366 e. The van der Waals surface area contributed by atoms with Crippen LogP contribution in [0.5, 0.6) is 0 Å². The molecule has 2 amide bonds. The fourth-order valence-corrected chi connectivity index (χ4v) is 2.84. The van der Waals surface area contributed by atoms with Crippen molar-refractivity contribution < 1.29 is 18.0 Å². The first kappa shape index (κ1) is 18.5. The van der Waals surface area contributed by atoms with Gasteiger partial charge in [-0.05, 0) is 36.2 Å². The number of amides is 2. The van der Waals surface area contributed by atoms with Crippen molar-refractivity contribution >= 4 is 27.5 Å². The van der Waals surface area contributed by atoms with E-state index in [2.05, 4.69) is 10.0 Å². The normalized spacial score (nSPS) is 10.9. The Morgan fingerprint density at radius 3 is 2.48 bits per heavy atom. The molecular formula is C17H19N3O4S. The lowest BCUT2D eigenvalue weighted by Gasteiger charge is -2.11. The molecule has 7 nitrogen and oxygen atoms in total. The topological polar surface area (TPSA) is 118 Å². The summed E-state index contributed by atoms with van der Waals surface area (Å²) in [5, 5.41) is 2.73. The molecule has 0 bridgehead atoms. The molecule has 0 aromatic heterocycles. The molecule has 132 valence electrons. The maximum absolute atomic E-state index is 12.3. The van der Waals surface area contributed by atoms with Crippen LogP contribution >= 0.6 is 0 Å². The Morgan fingerprint density at radius 2 is 1.80 bits per heavy atom. The van der Waals surface area contributed by atoms with Crippen molar-refractivity contribution in [2.75, 3.05) is 17.5 Å². The first-order chi connectivity index (χ1) is 11.8. The van der Waals surface area contributed by atoms with E-state index in [-0.39, 0.29) is 11.3 Å².